The molecule has 1 heterocycles. The monoisotopic (exact) mass is 491 g/mol. The summed E-state index contributed by atoms with van der Waals surface area (Å²) in [5.74, 6) is 5.06. The number of thiazole rings is 1. The maximum absolute atomic E-state index is 13.8. The van der Waals surface area contributed by atoms with Gasteiger partial charge in [0, 0.05) is 0 Å². The van der Waals surface area contributed by atoms with Gasteiger partial charge in [-0.25, -0.2) is 20.8 Å². The van der Waals surface area contributed by atoms with Crippen molar-refractivity contribution in [2.75, 3.05) is 0 Å². The molecule has 4 aromatic rings. The SMILES string of the molecule is CC/C(=C(/c1ccc(/C=C/C(N)=N/NN)cc1)c1ccc2scnc2c1)c1ccc(F)cc1Cl. The fraction of sp³-hybridized carbons (Fsp3) is 0.0769. The maximum atomic E-state index is 13.8. The third-order valence-electron chi connectivity index (χ3n) is 5.37. The molecule has 0 fully saturated rings. The molecule has 0 bridgehead atoms. The molecule has 0 spiro atoms. The number of halogens is 2. The second kappa shape index (κ2) is 10.6. The van der Waals surface area contributed by atoms with E-state index in [1.165, 1.54) is 12.1 Å². The van der Waals surface area contributed by atoms with Crippen molar-refractivity contribution in [3.63, 3.8) is 0 Å². The van der Waals surface area contributed by atoms with Gasteiger partial charge in [-0.05, 0) is 70.2 Å². The first kappa shape index (κ1) is 23.6. The van der Waals surface area contributed by atoms with Gasteiger partial charge in [0.25, 0.3) is 0 Å². The number of nitrogens with zero attached hydrogens (tertiary/aromatic N) is 2. The van der Waals surface area contributed by atoms with Crippen LogP contribution in [0.5, 0.6) is 0 Å². The quantitative estimate of drug-likeness (QED) is 0.0942. The van der Waals surface area contributed by atoms with E-state index in [9.17, 15) is 4.39 Å². The summed E-state index contributed by atoms with van der Waals surface area (Å²) in [7, 11) is 0. The Labute approximate surface area is 206 Å². The van der Waals surface area contributed by atoms with Crippen molar-refractivity contribution < 1.29 is 4.39 Å². The molecule has 0 saturated carbocycles. The Kier molecular flexibility index (Phi) is 7.37. The second-order valence-electron chi connectivity index (χ2n) is 7.49. The Bertz CT molecular complexity index is 1410. The molecular weight excluding hydrogens is 469 g/mol. The van der Waals surface area contributed by atoms with Crippen LogP contribution in [0.15, 0.2) is 77.4 Å². The first-order valence-corrected chi connectivity index (χ1v) is 11.9. The third kappa shape index (κ3) is 5.17. The van der Waals surface area contributed by atoms with Crippen LogP contribution >= 0.6 is 22.9 Å². The molecule has 5 nitrogen and oxygen atoms in total. The number of amidine groups is 1. The number of nitrogens with two attached hydrogens (primary N) is 2. The number of rotatable bonds is 7. The van der Waals surface area contributed by atoms with E-state index in [-0.39, 0.29) is 11.7 Å². The van der Waals surface area contributed by atoms with Crippen LogP contribution < -0.4 is 17.1 Å². The Balaban J connectivity index is 1.87. The summed E-state index contributed by atoms with van der Waals surface area (Å²) in [6, 6.07) is 18.9. The first-order valence-electron chi connectivity index (χ1n) is 10.6. The Morgan fingerprint density at radius 3 is 2.59 bits per heavy atom. The van der Waals surface area contributed by atoms with Gasteiger partial charge in [-0.1, -0.05) is 61.0 Å². The number of hydrogen-bond donors (Lipinski definition) is 3. The zero-order chi connectivity index (χ0) is 24.1. The van der Waals surface area contributed by atoms with Crippen molar-refractivity contribution in [2.45, 2.75) is 13.3 Å². The van der Waals surface area contributed by atoms with E-state index in [0.717, 1.165) is 43.6 Å². The van der Waals surface area contributed by atoms with E-state index in [4.69, 9.17) is 23.2 Å². The molecule has 0 aliphatic carbocycles. The molecule has 34 heavy (non-hydrogen) atoms. The van der Waals surface area contributed by atoms with Gasteiger partial charge >= 0.3 is 0 Å². The molecule has 0 amide bonds. The minimum absolute atomic E-state index is 0.267. The fourth-order valence-corrected chi connectivity index (χ4v) is 4.76. The summed E-state index contributed by atoms with van der Waals surface area (Å²) in [6.07, 6.45) is 4.22. The largest absolute Gasteiger partial charge is 0.382 e. The van der Waals surface area contributed by atoms with Crippen LogP contribution in [0.3, 0.4) is 0 Å². The first-order chi connectivity index (χ1) is 16.5. The predicted octanol–water partition coefficient (Wildman–Crippen LogP) is 6.21. The standard InChI is InChI=1S/C26H23ClFN5S/c1-2-20(21-10-9-19(28)14-22(21)27)26(18-8-11-24-23(13-18)31-15-34-24)17-6-3-16(4-7-17)5-12-25(29)32-33-30/h3-15,33H,2,30H2,1H3,(H2,29,32)/b12-5+,26-20+. The van der Waals surface area contributed by atoms with Crippen LogP contribution in [0.1, 0.15) is 35.6 Å². The zero-order valence-corrected chi connectivity index (χ0v) is 20.0. The van der Waals surface area contributed by atoms with Gasteiger partial charge < -0.3 is 5.73 Å². The predicted molar refractivity (Wildman–Crippen MR) is 142 cm³/mol. The lowest BCUT2D eigenvalue weighted by Gasteiger charge is -2.17. The van der Waals surface area contributed by atoms with Crippen molar-refractivity contribution in [1.82, 2.24) is 10.5 Å². The second-order valence-corrected chi connectivity index (χ2v) is 8.78. The van der Waals surface area contributed by atoms with Gasteiger partial charge in [-0.2, -0.15) is 0 Å². The Morgan fingerprint density at radius 2 is 1.88 bits per heavy atom. The topological polar surface area (TPSA) is 89.3 Å². The van der Waals surface area contributed by atoms with Gasteiger partial charge in [0.2, 0.25) is 0 Å². The number of nitrogens with one attached hydrogen (secondary N) is 1. The number of benzene rings is 3. The summed E-state index contributed by atoms with van der Waals surface area (Å²) in [5, 5.41) is 4.09. The van der Waals surface area contributed by atoms with Crippen molar-refractivity contribution in [3.8, 4) is 0 Å². The molecule has 3 aromatic carbocycles. The normalized spacial score (nSPS) is 12.9. The third-order valence-corrected chi connectivity index (χ3v) is 6.49. The van der Waals surface area contributed by atoms with E-state index in [0.29, 0.717) is 11.4 Å². The molecule has 8 heteroatoms. The van der Waals surface area contributed by atoms with Gasteiger partial charge in [0.05, 0.1) is 20.7 Å². The molecule has 0 aliphatic rings. The van der Waals surface area contributed by atoms with Gasteiger partial charge in [-0.15, -0.1) is 16.4 Å². The minimum atomic E-state index is -0.363. The maximum Gasteiger partial charge on any atom is 0.144 e. The summed E-state index contributed by atoms with van der Waals surface area (Å²) in [6.45, 7) is 2.07. The summed E-state index contributed by atoms with van der Waals surface area (Å²) in [5.41, 5.74) is 16.5. The van der Waals surface area contributed by atoms with Crippen molar-refractivity contribution in [2.24, 2.45) is 16.7 Å². The lowest BCUT2D eigenvalue weighted by atomic mass is 9.87. The van der Waals surface area contributed by atoms with E-state index < -0.39 is 0 Å². The molecule has 0 aliphatic heterocycles. The summed E-state index contributed by atoms with van der Waals surface area (Å²) < 4.78 is 14.9. The highest BCUT2D eigenvalue weighted by molar-refractivity contribution is 7.16. The summed E-state index contributed by atoms with van der Waals surface area (Å²) in [4.78, 5) is 4.49. The number of hydrazine groups is 1. The molecule has 172 valence electrons. The number of aromatic nitrogens is 1. The van der Waals surface area contributed by atoms with Crippen LogP contribution in [0, 0.1) is 5.82 Å². The van der Waals surface area contributed by atoms with Crippen LogP contribution in [-0.2, 0) is 0 Å². The Hall–Kier alpha value is -3.52. The Morgan fingerprint density at radius 1 is 1.12 bits per heavy atom. The van der Waals surface area contributed by atoms with Gasteiger partial charge in [0.15, 0.2) is 0 Å². The van der Waals surface area contributed by atoms with Crippen molar-refractivity contribution >= 4 is 56.2 Å². The van der Waals surface area contributed by atoms with Crippen LogP contribution in [0.2, 0.25) is 5.02 Å². The van der Waals surface area contributed by atoms with Crippen molar-refractivity contribution in [1.29, 1.82) is 0 Å². The number of allylic oxidation sites excluding steroid dienone is 1. The van der Waals surface area contributed by atoms with Gasteiger partial charge in [0.1, 0.15) is 11.7 Å². The highest BCUT2D eigenvalue weighted by atomic mass is 35.5. The molecule has 5 N–H and O–H groups in total. The summed E-state index contributed by atoms with van der Waals surface area (Å²) >= 11 is 8.09. The molecule has 0 radical (unpaired) electrons. The van der Waals surface area contributed by atoms with E-state index in [2.05, 4.69) is 40.7 Å². The molecule has 0 atom stereocenters. The minimum Gasteiger partial charge on any atom is -0.382 e. The average molecular weight is 492 g/mol. The highest BCUT2D eigenvalue weighted by Crippen LogP contribution is 2.38. The van der Waals surface area contributed by atoms with Gasteiger partial charge in [-0.3, -0.25) is 0 Å². The van der Waals surface area contributed by atoms with Crippen molar-refractivity contribution in [3.05, 3.63) is 105 Å². The number of hydrazone groups is 1. The smallest absolute Gasteiger partial charge is 0.144 e. The number of hydrogen-bond acceptors (Lipinski definition) is 5. The molecule has 0 saturated heterocycles. The average Bonchev–Trinajstić information content (AvgIpc) is 3.30. The molecular formula is C26H23ClFN5S. The fourth-order valence-electron chi connectivity index (χ4n) is 3.82. The van der Waals surface area contributed by atoms with E-state index in [1.54, 1.807) is 23.5 Å². The van der Waals surface area contributed by atoms with Crippen LogP contribution in [0.4, 0.5) is 4.39 Å². The lowest BCUT2D eigenvalue weighted by Crippen LogP contribution is -2.20. The molecule has 1 aromatic heterocycles. The number of fused-ring (bicyclic) bond motifs is 1. The highest BCUT2D eigenvalue weighted by Gasteiger charge is 2.16. The van der Waals surface area contributed by atoms with Crippen LogP contribution in [-0.4, -0.2) is 10.8 Å². The molecule has 4 rings (SSSR count). The molecule has 0 unspecified atom stereocenters. The van der Waals surface area contributed by atoms with Crippen LogP contribution in [0.25, 0.3) is 27.4 Å². The van der Waals surface area contributed by atoms with E-state index >= 15 is 0 Å². The van der Waals surface area contributed by atoms with E-state index in [1.807, 2.05) is 35.9 Å². The lowest BCUT2D eigenvalue weighted by molar-refractivity contribution is 0.628. The zero-order valence-electron chi connectivity index (χ0n) is 18.4.